The molecule has 1 saturated heterocycles. The van der Waals surface area contributed by atoms with E-state index in [-0.39, 0.29) is 18.5 Å². The van der Waals surface area contributed by atoms with Crippen molar-refractivity contribution in [2.75, 3.05) is 31.3 Å². The van der Waals surface area contributed by atoms with Crippen LogP contribution in [0.25, 0.3) is 0 Å². The molecule has 1 aliphatic rings. The fourth-order valence-corrected chi connectivity index (χ4v) is 3.55. The van der Waals surface area contributed by atoms with Crippen molar-refractivity contribution in [1.29, 1.82) is 0 Å². The number of carbonyl (C=O) groups is 2. The zero-order valence-electron chi connectivity index (χ0n) is 17.6. The summed E-state index contributed by atoms with van der Waals surface area (Å²) in [6.45, 7) is 7.44. The van der Waals surface area contributed by atoms with E-state index < -0.39 is 0 Å². The van der Waals surface area contributed by atoms with Gasteiger partial charge in [0.2, 0.25) is 5.91 Å². The zero-order chi connectivity index (χ0) is 21.7. The van der Waals surface area contributed by atoms with Gasteiger partial charge in [0.15, 0.2) is 11.5 Å². The van der Waals surface area contributed by atoms with E-state index in [2.05, 4.69) is 0 Å². The maximum Gasteiger partial charge on any atom is 0.259 e. The lowest BCUT2D eigenvalue weighted by Crippen LogP contribution is -2.42. The van der Waals surface area contributed by atoms with Crippen LogP contribution in [0, 0.1) is 6.92 Å². The van der Waals surface area contributed by atoms with E-state index >= 15 is 0 Å². The summed E-state index contributed by atoms with van der Waals surface area (Å²) in [7, 11) is 0. The molecule has 3 rings (SSSR count). The largest absolute Gasteiger partial charge is 0.490 e. The number of hydrogen-bond acceptors (Lipinski definition) is 4. The van der Waals surface area contributed by atoms with Gasteiger partial charge >= 0.3 is 0 Å². The van der Waals surface area contributed by atoms with Crippen molar-refractivity contribution >= 4 is 29.1 Å². The minimum Gasteiger partial charge on any atom is -0.490 e. The van der Waals surface area contributed by atoms with Crippen LogP contribution in [-0.2, 0) is 4.79 Å². The second-order valence-electron chi connectivity index (χ2n) is 7.10. The minimum absolute atomic E-state index is 0.0488. The summed E-state index contributed by atoms with van der Waals surface area (Å²) in [5.41, 5.74) is 2.01. The molecule has 0 aromatic heterocycles. The molecular weight excluding hydrogens is 404 g/mol. The summed E-state index contributed by atoms with van der Waals surface area (Å²) in [5.74, 6) is 0.922. The first kappa shape index (κ1) is 22.0. The summed E-state index contributed by atoms with van der Waals surface area (Å²) in [5, 5.41) is 0.569. The highest BCUT2D eigenvalue weighted by atomic mass is 35.5. The van der Waals surface area contributed by atoms with Crippen LogP contribution in [0.4, 0.5) is 5.69 Å². The van der Waals surface area contributed by atoms with Crippen molar-refractivity contribution in [2.45, 2.75) is 33.6 Å². The molecule has 0 unspecified atom stereocenters. The number of anilines is 1. The Balaban J connectivity index is 1.97. The lowest BCUT2D eigenvalue weighted by molar-refractivity contribution is -0.127. The Hall–Kier alpha value is -2.73. The van der Waals surface area contributed by atoms with Crippen LogP contribution in [-0.4, -0.2) is 43.1 Å². The Bertz CT molecular complexity index is 931. The van der Waals surface area contributed by atoms with E-state index in [4.69, 9.17) is 21.1 Å². The molecule has 0 spiro atoms. The molecule has 0 bridgehead atoms. The fraction of sp³-hybridized carbons (Fsp3) is 0.391. The Kier molecular flexibility index (Phi) is 7.21. The summed E-state index contributed by atoms with van der Waals surface area (Å²) < 4.78 is 11.3. The number of nitrogens with zero attached hydrogens (tertiary/aromatic N) is 2. The maximum atomic E-state index is 13.5. The normalized spacial score (nSPS) is 13.5. The van der Waals surface area contributed by atoms with Crippen LogP contribution in [0.5, 0.6) is 11.5 Å². The number of carbonyl (C=O) groups excluding carboxylic acids is 2. The molecule has 0 radical (unpaired) electrons. The highest BCUT2D eigenvalue weighted by molar-refractivity contribution is 6.31. The molecule has 0 saturated carbocycles. The van der Waals surface area contributed by atoms with Gasteiger partial charge in [0.1, 0.15) is 6.67 Å². The second-order valence-corrected chi connectivity index (χ2v) is 7.50. The van der Waals surface area contributed by atoms with Gasteiger partial charge in [0, 0.05) is 29.2 Å². The molecule has 2 amide bonds. The Morgan fingerprint density at radius 2 is 1.83 bits per heavy atom. The van der Waals surface area contributed by atoms with Crippen LogP contribution in [0.2, 0.25) is 5.02 Å². The molecule has 6 nitrogen and oxygen atoms in total. The van der Waals surface area contributed by atoms with Gasteiger partial charge in [-0.15, -0.1) is 0 Å². The molecule has 1 heterocycles. The third-order valence-corrected chi connectivity index (χ3v) is 5.39. The van der Waals surface area contributed by atoms with Crippen LogP contribution >= 0.6 is 11.6 Å². The third kappa shape index (κ3) is 4.87. The molecule has 30 heavy (non-hydrogen) atoms. The van der Waals surface area contributed by atoms with Crippen molar-refractivity contribution in [1.82, 2.24) is 4.90 Å². The van der Waals surface area contributed by atoms with Gasteiger partial charge < -0.3 is 14.4 Å². The zero-order valence-corrected chi connectivity index (χ0v) is 18.4. The van der Waals surface area contributed by atoms with Crippen molar-refractivity contribution in [3.05, 3.63) is 52.5 Å². The summed E-state index contributed by atoms with van der Waals surface area (Å²) in [6, 6.07) is 10.6. The molecule has 1 fully saturated rings. The van der Waals surface area contributed by atoms with Gasteiger partial charge in [-0.1, -0.05) is 17.7 Å². The number of aryl methyl sites for hydroxylation is 1. The quantitative estimate of drug-likeness (QED) is 0.610. The van der Waals surface area contributed by atoms with Gasteiger partial charge in [0.25, 0.3) is 5.91 Å². The minimum atomic E-state index is -0.237. The topological polar surface area (TPSA) is 59.1 Å². The Morgan fingerprint density at radius 3 is 2.47 bits per heavy atom. The van der Waals surface area contributed by atoms with Crippen LogP contribution in [0.1, 0.15) is 42.6 Å². The van der Waals surface area contributed by atoms with Crippen LogP contribution in [0.3, 0.4) is 0 Å². The van der Waals surface area contributed by atoms with Crippen molar-refractivity contribution in [3.8, 4) is 11.5 Å². The molecule has 7 heteroatoms. The molecule has 0 N–H and O–H groups in total. The molecule has 160 valence electrons. The maximum absolute atomic E-state index is 13.5. The van der Waals surface area contributed by atoms with Crippen molar-refractivity contribution in [2.24, 2.45) is 0 Å². The number of hydrogen-bond donors (Lipinski definition) is 0. The first-order chi connectivity index (χ1) is 14.4. The monoisotopic (exact) mass is 430 g/mol. The number of ether oxygens (including phenoxy) is 2. The highest BCUT2D eigenvalue weighted by Gasteiger charge is 2.27. The second kappa shape index (κ2) is 9.85. The molecule has 2 aromatic rings. The van der Waals surface area contributed by atoms with Gasteiger partial charge in [-0.3, -0.25) is 14.5 Å². The van der Waals surface area contributed by atoms with E-state index in [1.165, 1.54) is 0 Å². The lowest BCUT2D eigenvalue weighted by atomic mass is 10.1. The van der Waals surface area contributed by atoms with Crippen molar-refractivity contribution < 1.29 is 19.1 Å². The average molecular weight is 431 g/mol. The smallest absolute Gasteiger partial charge is 0.259 e. The van der Waals surface area contributed by atoms with Crippen LogP contribution in [0.15, 0.2) is 36.4 Å². The van der Waals surface area contributed by atoms with Gasteiger partial charge in [-0.2, -0.15) is 0 Å². The number of likely N-dealkylation sites (tertiary alicyclic amines) is 1. The standard InChI is InChI=1S/C23H27ClN2O4/c1-4-29-20-11-9-17(13-21(20)30-5-2)23(28)26(15-25-12-6-7-22(25)27)18-10-8-16(3)19(24)14-18/h8-11,13-14H,4-7,12,15H2,1-3H3. The van der Waals surface area contributed by atoms with E-state index in [9.17, 15) is 9.59 Å². The molecular formula is C23H27ClN2O4. The lowest BCUT2D eigenvalue weighted by Gasteiger charge is -2.28. The van der Waals surface area contributed by atoms with E-state index in [1.807, 2.05) is 32.9 Å². The molecule has 2 aromatic carbocycles. The third-order valence-electron chi connectivity index (χ3n) is 4.99. The number of amides is 2. The van der Waals surface area contributed by atoms with E-state index in [0.29, 0.717) is 54.0 Å². The van der Waals surface area contributed by atoms with Crippen molar-refractivity contribution in [3.63, 3.8) is 0 Å². The SMILES string of the molecule is CCOc1ccc(C(=O)N(CN2CCCC2=O)c2ccc(C)c(Cl)c2)cc1OCC. The first-order valence-electron chi connectivity index (χ1n) is 10.2. The molecule has 0 atom stereocenters. The van der Waals surface area contributed by atoms with E-state index in [0.717, 1.165) is 12.0 Å². The van der Waals surface area contributed by atoms with Gasteiger partial charge in [-0.25, -0.2) is 0 Å². The van der Waals surface area contributed by atoms with E-state index in [1.54, 1.807) is 34.1 Å². The average Bonchev–Trinajstić information content (AvgIpc) is 3.14. The van der Waals surface area contributed by atoms with Gasteiger partial charge in [0.05, 0.1) is 13.2 Å². The Labute approximate surface area is 182 Å². The fourth-order valence-electron chi connectivity index (χ4n) is 3.38. The predicted octanol–water partition coefficient (Wildman–Crippen LogP) is 4.67. The summed E-state index contributed by atoms with van der Waals surface area (Å²) in [4.78, 5) is 29.0. The number of halogens is 1. The Morgan fingerprint density at radius 1 is 1.10 bits per heavy atom. The number of rotatable bonds is 8. The van der Waals surface area contributed by atoms with Gasteiger partial charge in [-0.05, 0) is 63.1 Å². The molecule has 1 aliphatic heterocycles. The number of benzene rings is 2. The highest BCUT2D eigenvalue weighted by Crippen LogP contribution is 2.31. The predicted molar refractivity (Wildman–Crippen MR) is 118 cm³/mol. The summed E-state index contributed by atoms with van der Waals surface area (Å²) >= 11 is 6.32. The summed E-state index contributed by atoms with van der Waals surface area (Å²) in [6.07, 6.45) is 1.31. The molecule has 0 aliphatic carbocycles. The van der Waals surface area contributed by atoms with Crippen LogP contribution < -0.4 is 14.4 Å². The first-order valence-corrected chi connectivity index (χ1v) is 10.6.